The molecule has 1 aliphatic heterocycles. The minimum Gasteiger partial charge on any atom is -0.317 e. The van der Waals surface area contributed by atoms with Gasteiger partial charge in [-0.15, -0.1) is 0 Å². The molecule has 18 heavy (non-hydrogen) atoms. The lowest BCUT2D eigenvalue weighted by Gasteiger charge is -2.35. The molecule has 1 saturated carbocycles. The van der Waals surface area contributed by atoms with Crippen molar-refractivity contribution in [1.29, 1.82) is 0 Å². The molecule has 1 aliphatic carbocycles. The Bertz CT molecular complexity index is 217. The van der Waals surface area contributed by atoms with Crippen molar-refractivity contribution in [2.24, 2.45) is 0 Å². The van der Waals surface area contributed by atoms with Crippen LogP contribution in [0.2, 0.25) is 11.0 Å². The minimum absolute atomic E-state index is 0.0533. The van der Waals surface area contributed by atoms with Crippen molar-refractivity contribution in [3.63, 3.8) is 0 Å². The maximum atomic E-state index is 6.68. The highest BCUT2D eigenvalue weighted by atomic mass is 14.8. The van der Waals surface area contributed by atoms with Gasteiger partial charge in [0, 0.05) is 0 Å². The smallest absolute Gasteiger partial charge is 0.111 e. The van der Waals surface area contributed by atoms with E-state index in [0.29, 0.717) is 0 Å². The molecular formula is C15H28B2N. The Labute approximate surface area is 116 Å². The van der Waals surface area contributed by atoms with Crippen molar-refractivity contribution in [3.05, 3.63) is 0 Å². The fraction of sp³-hybridized carbons (Fsp3) is 1.00. The van der Waals surface area contributed by atoms with Crippen LogP contribution in [0.5, 0.6) is 0 Å². The fourth-order valence-corrected chi connectivity index (χ4v) is 3.61. The summed E-state index contributed by atoms with van der Waals surface area (Å²) in [6, 6.07) is 0. The van der Waals surface area contributed by atoms with E-state index in [2.05, 4.69) is 12.6 Å². The van der Waals surface area contributed by atoms with Gasteiger partial charge in [-0.2, -0.15) is 0 Å². The van der Waals surface area contributed by atoms with Crippen LogP contribution >= 0.6 is 0 Å². The number of hydrogen-bond donors (Lipinski definition) is 1. The van der Waals surface area contributed by atoms with Gasteiger partial charge >= 0.3 is 0 Å². The Kier molecular flexibility index (Phi) is 6.14. The van der Waals surface area contributed by atoms with E-state index in [0.717, 1.165) is 5.82 Å². The lowest BCUT2D eigenvalue weighted by atomic mass is 9.34. The lowest BCUT2D eigenvalue weighted by Crippen LogP contribution is -2.28. The van der Waals surface area contributed by atoms with Crippen molar-refractivity contribution in [2.75, 3.05) is 13.1 Å². The summed E-state index contributed by atoms with van der Waals surface area (Å²) in [5.74, 6) is 0.775. The van der Waals surface area contributed by atoms with Gasteiger partial charge < -0.3 is 5.32 Å². The van der Waals surface area contributed by atoms with Crippen LogP contribution in [0.3, 0.4) is 0 Å². The summed E-state index contributed by atoms with van der Waals surface area (Å²) in [7, 11) is 9.24. The SMILES string of the molecule is [B]C1([B]C2CCCNCCC2)CCCCCCC1. The molecule has 0 bridgehead atoms. The molecule has 0 aromatic rings. The van der Waals surface area contributed by atoms with E-state index in [1.54, 1.807) is 0 Å². The first-order valence-corrected chi connectivity index (χ1v) is 8.14. The van der Waals surface area contributed by atoms with Gasteiger partial charge in [0.25, 0.3) is 0 Å². The summed E-state index contributed by atoms with van der Waals surface area (Å²) in [4.78, 5) is 0. The number of rotatable bonds is 2. The van der Waals surface area contributed by atoms with Crippen molar-refractivity contribution in [3.8, 4) is 0 Å². The summed E-state index contributed by atoms with van der Waals surface area (Å²) in [5, 5.41) is 3.55. The molecule has 3 heteroatoms. The van der Waals surface area contributed by atoms with E-state index in [4.69, 9.17) is 7.85 Å². The molecule has 99 valence electrons. The van der Waals surface area contributed by atoms with Crippen molar-refractivity contribution >= 4 is 15.1 Å². The molecule has 2 aliphatic rings. The predicted octanol–water partition coefficient (Wildman–Crippen LogP) is 3.67. The quantitative estimate of drug-likeness (QED) is 0.730. The monoisotopic (exact) mass is 244 g/mol. The third kappa shape index (κ3) is 4.99. The second-order valence-electron chi connectivity index (χ2n) is 6.46. The fourth-order valence-electron chi connectivity index (χ4n) is 3.61. The van der Waals surface area contributed by atoms with Crippen LogP contribution in [-0.4, -0.2) is 28.2 Å². The molecule has 0 spiro atoms. The van der Waals surface area contributed by atoms with Gasteiger partial charge in [0.15, 0.2) is 0 Å². The summed E-state index contributed by atoms with van der Waals surface area (Å²) < 4.78 is 0. The molecule has 2 fully saturated rings. The van der Waals surface area contributed by atoms with E-state index in [-0.39, 0.29) is 5.21 Å². The van der Waals surface area contributed by atoms with Crippen LogP contribution in [0.4, 0.5) is 0 Å². The van der Waals surface area contributed by atoms with Gasteiger partial charge in [-0.25, -0.2) is 0 Å². The maximum absolute atomic E-state index is 6.68. The van der Waals surface area contributed by atoms with E-state index in [1.165, 1.54) is 83.7 Å². The molecular weight excluding hydrogens is 216 g/mol. The zero-order valence-electron chi connectivity index (χ0n) is 11.9. The summed E-state index contributed by atoms with van der Waals surface area (Å²) >= 11 is 0. The zero-order chi connectivity index (χ0) is 12.7. The van der Waals surface area contributed by atoms with E-state index < -0.39 is 0 Å². The molecule has 1 N–H and O–H groups in total. The largest absolute Gasteiger partial charge is 0.317 e. The van der Waals surface area contributed by atoms with Crippen molar-refractivity contribution in [2.45, 2.75) is 81.7 Å². The Balaban J connectivity index is 1.83. The van der Waals surface area contributed by atoms with Crippen LogP contribution in [0.25, 0.3) is 0 Å². The van der Waals surface area contributed by atoms with Crippen molar-refractivity contribution < 1.29 is 0 Å². The van der Waals surface area contributed by atoms with E-state index in [9.17, 15) is 0 Å². The molecule has 0 atom stereocenters. The molecule has 0 aromatic heterocycles. The maximum Gasteiger partial charge on any atom is 0.111 e. The van der Waals surface area contributed by atoms with Gasteiger partial charge in [-0.1, -0.05) is 68.8 Å². The standard InChI is InChI=1S/C15H28B2N/c16-15(10-4-2-1-3-5-11-15)17-14-8-6-12-18-13-7-9-14/h14,18H,1-13H2. The Morgan fingerprint density at radius 2 is 1.39 bits per heavy atom. The van der Waals surface area contributed by atoms with Gasteiger partial charge in [0.1, 0.15) is 7.28 Å². The molecule has 0 amide bonds. The van der Waals surface area contributed by atoms with Crippen LogP contribution in [0.15, 0.2) is 0 Å². The Morgan fingerprint density at radius 3 is 2.00 bits per heavy atom. The van der Waals surface area contributed by atoms with E-state index in [1.807, 2.05) is 0 Å². The number of hydrogen-bond acceptors (Lipinski definition) is 1. The minimum atomic E-state index is 0.0533. The molecule has 0 aromatic carbocycles. The van der Waals surface area contributed by atoms with Crippen LogP contribution < -0.4 is 5.32 Å². The molecule has 3 radical (unpaired) electrons. The first-order valence-electron chi connectivity index (χ1n) is 8.14. The summed E-state index contributed by atoms with van der Waals surface area (Å²) in [5.41, 5.74) is 0. The first-order chi connectivity index (χ1) is 8.79. The zero-order valence-corrected chi connectivity index (χ0v) is 11.9. The highest BCUT2D eigenvalue weighted by Crippen LogP contribution is 2.41. The Morgan fingerprint density at radius 1 is 0.833 bits per heavy atom. The molecule has 1 nitrogen and oxygen atoms in total. The highest BCUT2D eigenvalue weighted by Gasteiger charge is 2.28. The molecule has 0 unspecified atom stereocenters. The van der Waals surface area contributed by atoms with Crippen LogP contribution in [0.1, 0.15) is 70.6 Å². The second kappa shape index (κ2) is 7.62. The van der Waals surface area contributed by atoms with Gasteiger partial charge in [0.2, 0.25) is 0 Å². The van der Waals surface area contributed by atoms with Crippen LogP contribution in [-0.2, 0) is 0 Å². The molecule has 1 heterocycles. The Hall–Kier alpha value is 0.0899. The average Bonchev–Trinajstić information content (AvgIpc) is 2.28. The number of nitrogens with one attached hydrogen (secondary N) is 1. The molecule has 1 saturated heterocycles. The van der Waals surface area contributed by atoms with Gasteiger partial charge in [-0.05, 0) is 25.9 Å². The van der Waals surface area contributed by atoms with Gasteiger partial charge in [0.05, 0.1) is 7.85 Å². The third-order valence-corrected chi connectivity index (χ3v) is 4.71. The van der Waals surface area contributed by atoms with Gasteiger partial charge in [-0.3, -0.25) is 0 Å². The van der Waals surface area contributed by atoms with E-state index >= 15 is 0 Å². The second-order valence-corrected chi connectivity index (χ2v) is 6.46. The summed E-state index contributed by atoms with van der Waals surface area (Å²) in [6.45, 7) is 2.39. The highest BCUT2D eigenvalue weighted by molar-refractivity contribution is 6.55. The first kappa shape index (κ1) is 14.5. The van der Waals surface area contributed by atoms with Crippen molar-refractivity contribution in [1.82, 2.24) is 5.32 Å². The van der Waals surface area contributed by atoms with Crippen LogP contribution in [0, 0.1) is 0 Å². The third-order valence-electron chi connectivity index (χ3n) is 4.71. The molecule has 2 rings (SSSR count). The summed E-state index contributed by atoms with van der Waals surface area (Å²) in [6.07, 6.45) is 14.6. The topological polar surface area (TPSA) is 12.0 Å². The predicted molar refractivity (Wildman–Crippen MR) is 81.6 cm³/mol. The average molecular weight is 244 g/mol. The normalized spacial score (nSPS) is 27.6. The lowest BCUT2D eigenvalue weighted by molar-refractivity contribution is 0.460.